The minimum atomic E-state index is 0.766. The number of methoxy groups -OCH3 is 1. The van der Waals surface area contributed by atoms with Gasteiger partial charge in [0.15, 0.2) is 0 Å². The quantitative estimate of drug-likeness (QED) is 0.315. The molecule has 0 radical (unpaired) electrons. The van der Waals surface area contributed by atoms with Gasteiger partial charge in [-0.3, -0.25) is 0 Å². The van der Waals surface area contributed by atoms with Crippen molar-refractivity contribution in [2.45, 2.75) is 32.2 Å². The molecule has 28 heavy (non-hydrogen) atoms. The molecular formula is C25H27NO2. The second kappa shape index (κ2) is 8.83. The number of nitrogens with zero attached hydrogens (tertiary/aromatic N) is 1. The summed E-state index contributed by atoms with van der Waals surface area (Å²) < 4.78 is 13.4. The highest BCUT2D eigenvalue weighted by molar-refractivity contribution is 6.07. The molecule has 0 amide bonds. The molecule has 0 unspecified atom stereocenters. The highest BCUT2D eigenvalue weighted by atomic mass is 16.5. The fraction of sp³-hybridized carbons (Fsp3) is 0.280. The summed E-state index contributed by atoms with van der Waals surface area (Å²) in [5.74, 6) is 1.77. The lowest BCUT2D eigenvalue weighted by Crippen LogP contribution is -2.00. The van der Waals surface area contributed by atoms with E-state index in [1.54, 1.807) is 7.11 Å². The minimum absolute atomic E-state index is 0.766. The van der Waals surface area contributed by atoms with Crippen LogP contribution in [-0.2, 0) is 6.54 Å². The second-order valence-electron chi connectivity index (χ2n) is 7.12. The molecule has 3 aromatic carbocycles. The lowest BCUT2D eigenvalue weighted by molar-refractivity contribution is 0.303. The van der Waals surface area contributed by atoms with Gasteiger partial charge in [0, 0.05) is 28.4 Å². The van der Waals surface area contributed by atoms with Crippen molar-refractivity contribution in [1.29, 1.82) is 0 Å². The molecule has 3 heteroatoms. The van der Waals surface area contributed by atoms with Gasteiger partial charge >= 0.3 is 0 Å². The Morgan fingerprint density at radius 1 is 0.643 bits per heavy atom. The number of para-hydroxylation sites is 2. The fourth-order valence-electron chi connectivity index (χ4n) is 3.83. The van der Waals surface area contributed by atoms with Crippen LogP contribution in [0.1, 0.15) is 25.7 Å². The van der Waals surface area contributed by atoms with E-state index in [4.69, 9.17) is 9.47 Å². The largest absolute Gasteiger partial charge is 0.497 e. The molecule has 0 aliphatic heterocycles. The molecule has 0 atom stereocenters. The number of benzene rings is 3. The Morgan fingerprint density at radius 2 is 1.21 bits per heavy atom. The van der Waals surface area contributed by atoms with Gasteiger partial charge in [-0.15, -0.1) is 0 Å². The first-order valence-electron chi connectivity index (χ1n) is 10.1. The van der Waals surface area contributed by atoms with Crippen molar-refractivity contribution in [2.24, 2.45) is 0 Å². The summed E-state index contributed by atoms with van der Waals surface area (Å²) in [6.07, 6.45) is 4.67. The van der Waals surface area contributed by atoms with Gasteiger partial charge < -0.3 is 14.0 Å². The molecule has 1 aromatic heterocycles. The molecule has 4 aromatic rings. The average molecular weight is 373 g/mol. The molecule has 0 saturated carbocycles. The van der Waals surface area contributed by atoms with Crippen LogP contribution in [0, 0.1) is 0 Å². The van der Waals surface area contributed by atoms with Crippen LogP contribution >= 0.6 is 0 Å². The van der Waals surface area contributed by atoms with E-state index in [9.17, 15) is 0 Å². The van der Waals surface area contributed by atoms with Gasteiger partial charge in [-0.25, -0.2) is 0 Å². The molecule has 0 aliphatic carbocycles. The highest BCUT2D eigenvalue weighted by Gasteiger charge is 2.08. The normalized spacial score (nSPS) is 11.2. The van der Waals surface area contributed by atoms with Crippen LogP contribution in [0.15, 0.2) is 72.8 Å². The smallest absolute Gasteiger partial charge is 0.119 e. The van der Waals surface area contributed by atoms with Gasteiger partial charge in [0.1, 0.15) is 11.5 Å². The Labute approximate surface area is 166 Å². The molecule has 0 N–H and O–H groups in total. The van der Waals surface area contributed by atoms with E-state index >= 15 is 0 Å². The zero-order valence-electron chi connectivity index (χ0n) is 16.4. The maximum absolute atomic E-state index is 5.81. The predicted octanol–water partition coefficient (Wildman–Crippen LogP) is 6.44. The molecule has 4 rings (SSSR count). The highest BCUT2D eigenvalue weighted by Crippen LogP contribution is 2.29. The second-order valence-corrected chi connectivity index (χ2v) is 7.12. The summed E-state index contributed by atoms with van der Waals surface area (Å²) in [5, 5.41) is 2.71. The standard InChI is InChI=1S/C25H27NO2/c1-27-20-14-16-21(17-15-20)28-19-9-3-2-8-18-26-24-12-6-4-10-22(24)23-11-5-7-13-25(23)26/h4-7,10-17H,2-3,8-9,18-19H2,1H3. The molecule has 0 spiro atoms. The van der Waals surface area contributed by atoms with Crippen molar-refractivity contribution < 1.29 is 9.47 Å². The third-order valence-corrected chi connectivity index (χ3v) is 5.28. The number of ether oxygens (including phenoxy) is 2. The summed E-state index contributed by atoms with van der Waals surface area (Å²) in [4.78, 5) is 0. The number of fused-ring (bicyclic) bond motifs is 3. The van der Waals surface area contributed by atoms with Gasteiger partial charge in [0.05, 0.1) is 13.7 Å². The van der Waals surface area contributed by atoms with Crippen LogP contribution in [0.4, 0.5) is 0 Å². The SMILES string of the molecule is COc1ccc(OCCCCCCn2c3ccccc3c3ccccc32)cc1. The van der Waals surface area contributed by atoms with E-state index in [-0.39, 0.29) is 0 Å². The molecule has 1 heterocycles. The molecule has 0 bridgehead atoms. The molecule has 0 aliphatic rings. The van der Waals surface area contributed by atoms with Crippen molar-refractivity contribution in [2.75, 3.05) is 13.7 Å². The van der Waals surface area contributed by atoms with Gasteiger partial charge in [-0.1, -0.05) is 49.2 Å². The van der Waals surface area contributed by atoms with E-state index in [2.05, 4.69) is 53.1 Å². The Kier molecular flexibility index (Phi) is 5.81. The van der Waals surface area contributed by atoms with E-state index in [0.29, 0.717) is 0 Å². The van der Waals surface area contributed by atoms with Crippen molar-refractivity contribution in [3.63, 3.8) is 0 Å². The van der Waals surface area contributed by atoms with Crippen molar-refractivity contribution in [1.82, 2.24) is 4.57 Å². The summed E-state index contributed by atoms with van der Waals surface area (Å²) in [6.45, 7) is 1.83. The monoisotopic (exact) mass is 373 g/mol. The zero-order valence-corrected chi connectivity index (χ0v) is 16.4. The summed E-state index contributed by atoms with van der Waals surface area (Å²) in [5.41, 5.74) is 2.68. The van der Waals surface area contributed by atoms with Gasteiger partial charge in [0.25, 0.3) is 0 Å². The Morgan fingerprint density at radius 3 is 1.86 bits per heavy atom. The summed E-state index contributed by atoms with van der Waals surface area (Å²) in [7, 11) is 1.68. The third-order valence-electron chi connectivity index (χ3n) is 5.28. The van der Waals surface area contributed by atoms with Crippen LogP contribution < -0.4 is 9.47 Å². The van der Waals surface area contributed by atoms with E-state index in [1.807, 2.05) is 24.3 Å². The molecule has 0 fully saturated rings. The maximum atomic E-state index is 5.81. The topological polar surface area (TPSA) is 23.4 Å². The Bertz CT molecular complexity index is 980. The molecule has 144 valence electrons. The summed E-state index contributed by atoms with van der Waals surface area (Å²) in [6, 6.07) is 25.2. The first kappa shape index (κ1) is 18.4. The van der Waals surface area contributed by atoms with Gasteiger partial charge in [-0.2, -0.15) is 0 Å². The number of hydrogen-bond donors (Lipinski definition) is 0. The summed E-state index contributed by atoms with van der Waals surface area (Å²) >= 11 is 0. The fourth-order valence-corrected chi connectivity index (χ4v) is 3.83. The van der Waals surface area contributed by atoms with Crippen molar-refractivity contribution in [3.8, 4) is 11.5 Å². The maximum Gasteiger partial charge on any atom is 0.119 e. The minimum Gasteiger partial charge on any atom is -0.497 e. The zero-order chi connectivity index (χ0) is 19.2. The Hall–Kier alpha value is -2.94. The van der Waals surface area contributed by atoms with E-state index in [0.717, 1.165) is 31.1 Å². The first-order valence-corrected chi connectivity index (χ1v) is 10.1. The molecule has 0 saturated heterocycles. The average Bonchev–Trinajstić information content (AvgIpc) is 3.07. The third kappa shape index (κ3) is 3.99. The van der Waals surface area contributed by atoms with E-state index < -0.39 is 0 Å². The molecular weight excluding hydrogens is 346 g/mol. The van der Waals surface area contributed by atoms with Crippen LogP contribution in [0.5, 0.6) is 11.5 Å². The Balaban J connectivity index is 1.26. The molecule has 3 nitrogen and oxygen atoms in total. The van der Waals surface area contributed by atoms with Crippen LogP contribution in [0.2, 0.25) is 0 Å². The number of hydrogen-bond acceptors (Lipinski definition) is 2. The van der Waals surface area contributed by atoms with Crippen LogP contribution in [0.3, 0.4) is 0 Å². The van der Waals surface area contributed by atoms with Crippen molar-refractivity contribution in [3.05, 3.63) is 72.8 Å². The van der Waals surface area contributed by atoms with Gasteiger partial charge in [0.2, 0.25) is 0 Å². The number of unbranched alkanes of at least 4 members (excludes halogenated alkanes) is 3. The number of rotatable bonds is 9. The number of aromatic nitrogens is 1. The predicted molar refractivity (Wildman–Crippen MR) is 116 cm³/mol. The lowest BCUT2D eigenvalue weighted by atomic mass is 10.2. The van der Waals surface area contributed by atoms with Crippen molar-refractivity contribution >= 4 is 21.8 Å². The first-order chi connectivity index (χ1) is 13.9. The van der Waals surface area contributed by atoms with Crippen LogP contribution in [-0.4, -0.2) is 18.3 Å². The van der Waals surface area contributed by atoms with E-state index in [1.165, 1.54) is 41.1 Å². The van der Waals surface area contributed by atoms with Gasteiger partial charge in [-0.05, 0) is 49.2 Å². The number of aryl methyl sites for hydroxylation is 1. The lowest BCUT2D eigenvalue weighted by Gasteiger charge is -2.09. The van der Waals surface area contributed by atoms with Crippen LogP contribution in [0.25, 0.3) is 21.8 Å².